The van der Waals surface area contributed by atoms with Gasteiger partial charge in [-0.3, -0.25) is 4.90 Å². The Kier molecular flexibility index (Phi) is 6.80. The third-order valence-electron chi connectivity index (χ3n) is 3.42. The molecule has 0 fully saturated rings. The van der Waals surface area contributed by atoms with Crippen molar-refractivity contribution in [1.29, 1.82) is 0 Å². The van der Waals surface area contributed by atoms with Gasteiger partial charge in [-0.05, 0) is 45.1 Å². The monoisotopic (exact) mass is 298 g/mol. The van der Waals surface area contributed by atoms with E-state index in [1.165, 1.54) is 0 Å². The zero-order valence-corrected chi connectivity index (χ0v) is 14.0. The van der Waals surface area contributed by atoms with Gasteiger partial charge in [0.05, 0.1) is 0 Å². The molecule has 0 bridgehead atoms. The summed E-state index contributed by atoms with van der Waals surface area (Å²) in [4.78, 5) is 4.58. The van der Waals surface area contributed by atoms with Crippen molar-refractivity contribution in [3.05, 3.63) is 28.8 Å². The number of halogens is 1. The lowest BCUT2D eigenvalue weighted by atomic mass is 10.0. The van der Waals surface area contributed by atoms with Crippen molar-refractivity contribution in [1.82, 2.24) is 9.80 Å². The molecule has 3 nitrogen and oxygen atoms in total. The van der Waals surface area contributed by atoms with Crippen LogP contribution in [0.15, 0.2) is 18.2 Å². The first kappa shape index (κ1) is 17.3. The predicted molar refractivity (Wildman–Crippen MR) is 86.5 cm³/mol. The first-order chi connectivity index (χ1) is 9.31. The second kappa shape index (κ2) is 7.87. The lowest BCUT2D eigenvalue weighted by molar-refractivity contribution is 0.168. The summed E-state index contributed by atoms with van der Waals surface area (Å²) in [6.07, 6.45) is 0. The van der Waals surface area contributed by atoms with Gasteiger partial charge in [-0.15, -0.1) is 0 Å². The van der Waals surface area contributed by atoms with E-state index in [9.17, 15) is 5.11 Å². The van der Waals surface area contributed by atoms with Crippen LogP contribution in [0.3, 0.4) is 0 Å². The maximum absolute atomic E-state index is 10.1. The molecule has 0 heterocycles. The molecule has 114 valence electrons. The van der Waals surface area contributed by atoms with Crippen LogP contribution in [-0.4, -0.2) is 48.6 Å². The van der Waals surface area contributed by atoms with E-state index in [4.69, 9.17) is 11.6 Å². The third-order valence-corrected chi connectivity index (χ3v) is 3.66. The summed E-state index contributed by atoms with van der Waals surface area (Å²) in [6.45, 7) is 9.53. The van der Waals surface area contributed by atoms with Gasteiger partial charge < -0.3 is 10.0 Å². The van der Waals surface area contributed by atoms with E-state index >= 15 is 0 Å². The van der Waals surface area contributed by atoms with Crippen LogP contribution in [-0.2, 0) is 0 Å². The van der Waals surface area contributed by atoms with Crippen molar-refractivity contribution < 1.29 is 5.11 Å². The second-order valence-corrected chi connectivity index (χ2v) is 6.51. The summed E-state index contributed by atoms with van der Waals surface area (Å²) in [5.74, 6) is 0.904. The van der Waals surface area contributed by atoms with Gasteiger partial charge in [-0.2, -0.15) is 0 Å². The SMILES string of the molecule is CC(C)CN(CCN(C)C)C(C)c1cc(Cl)ccc1O. The Morgan fingerprint density at radius 2 is 1.80 bits per heavy atom. The molecule has 0 spiro atoms. The maximum Gasteiger partial charge on any atom is 0.120 e. The Hall–Kier alpha value is -0.770. The number of phenolic OH excluding ortho intramolecular Hbond substituents is 1. The van der Waals surface area contributed by atoms with E-state index in [1.807, 2.05) is 6.07 Å². The van der Waals surface area contributed by atoms with Gasteiger partial charge in [-0.25, -0.2) is 0 Å². The fourth-order valence-electron chi connectivity index (χ4n) is 2.30. The second-order valence-electron chi connectivity index (χ2n) is 6.07. The molecule has 1 aromatic rings. The quantitative estimate of drug-likeness (QED) is 0.833. The number of hydrogen-bond acceptors (Lipinski definition) is 3. The number of nitrogens with zero attached hydrogens (tertiary/aromatic N) is 2. The Labute approximate surface area is 128 Å². The fourth-order valence-corrected chi connectivity index (χ4v) is 2.48. The van der Waals surface area contributed by atoms with Crippen LogP contribution >= 0.6 is 11.6 Å². The van der Waals surface area contributed by atoms with E-state index in [0.717, 1.165) is 25.2 Å². The van der Waals surface area contributed by atoms with Crippen molar-refractivity contribution in [2.45, 2.75) is 26.8 Å². The minimum atomic E-state index is 0.149. The van der Waals surface area contributed by atoms with Gasteiger partial charge >= 0.3 is 0 Å². The van der Waals surface area contributed by atoms with Crippen LogP contribution in [0.5, 0.6) is 5.75 Å². The van der Waals surface area contributed by atoms with Gasteiger partial charge in [-0.1, -0.05) is 25.4 Å². The van der Waals surface area contributed by atoms with E-state index in [-0.39, 0.29) is 6.04 Å². The van der Waals surface area contributed by atoms with Crippen LogP contribution < -0.4 is 0 Å². The van der Waals surface area contributed by atoms with E-state index in [2.05, 4.69) is 44.7 Å². The summed E-state index contributed by atoms with van der Waals surface area (Å²) in [7, 11) is 4.16. The molecule has 0 radical (unpaired) electrons. The predicted octanol–water partition coefficient (Wildman–Crippen LogP) is 3.63. The molecule has 1 unspecified atom stereocenters. The highest BCUT2D eigenvalue weighted by atomic mass is 35.5. The van der Waals surface area contributed by atoms with E-state index < -0.39 is 0 Å². The topological polar surface area (TPSA) is 26.7 Å². The number of rotatable bonds is 7. The van der Waals surface area contributed by atoms with Gasteiger partial charge in [0.1, 0.15) is 5.75 Å². The summed E-state index contributed by atoms with van der Waals surface area (Å²) < 4.78 is 0. The molecule has 1 rings (SSSR count). The highest BCUT2D eigenvalue weighted by molar-refractivity contribution is 6.30. The molecule has 0 aliphatic rings. The largest absolute Gasteiger partial charge is 0.508 e. The highest BCUT2D eigenvalue weighted by Crippen LogP contribution is 2.31. The van der Waals surface area contributed by atoms with Crippen molar-refractivity contribution >= 4 is 11.6 Å². The van der Waals surface area contributed by atoms with Crippen LogP contribution in [0.1, 0.15) is 32.4 Å². The van der Waals surface area contributed by atoms with Crippen molar-refractivity contribution in [2.24, 2.45) is 5.92 Å². The van der Waals surface area contributed by atoms with Crippen LogP contribution in [0, 0.1) is 5.92 Å². The lowest BCUT2D eigenvalue weighted by Crippen LogP contribution is -2.36. The molecule has 1 atom stereocenters. The third kappa shape index (κ3) is 5.31. The normalized spacial score (nSPS) is 13.4. The summed E-state index contributed by atoms with van der Waals surface area (Å²) in [5.41, 5.74) is 0.900. The minimum Gasteiger partial charge on any atom is -0.508 e. The zero-order chi connectivity index (χ0) is 15.3. The molecule has 0 saturated heterocycles. The smallest absolute Gasteiger partial charge is 0.120 e. The molecule has 0 aromatic heterocycles. The minimum absolute atomic E-state index is 0.149. The maximum atomic E-state index is 10.1. The molecule has 1 N–H and O–H groups in total. The van der Waals surface area contributed by atoms with Gasteiger partial charge in [0.2, 0.25) is 0 Å². The Bertz CT molecular complexity index is 421. The molecular formula is C16H27ClN2O. The number of benzene rings is 1. The van der Waals surface area contributed by atoms with E-state index in [0.29, 0.717) is 16.7 Å². The number of likely N-dealkylation sites (N-methyl/N-ethyl adjacent to an activating group) is 1. The zero-order valence-electron chi connectivity index (χ0n) is 13.2. The molecule has 4 heteroatoms. The Morgan fingerprint density at radius 1 is 1.15 bits per heavy atom. The molecule has 0 aliphatic heterocycles. The molecular weight excluding hydrogens is 272 g/mol. The number of phenols is 1. The van der Waals surface area contributed by atoms with Crippen LogP contribution in [0.2, 0.25) is 5.02 Å². The highest BCUT2D eigenvalue weighted by Gasteiger charge is 2.19. The van der Waals surface area contributed by atoms with Crippen molar-refractivity contribution in [3.63, 3.8) is 0 Å². The summed E-state index contributed by atoms with van der Waals surface area (Å²) >= 11 is 6.06. The molecule has 0 aliphatic carbocycles. The van der Waals surface area contributed by atoms with E-state index in [1.54, 1.807) is 12.1 Å². The summed E-state index contributed by atoms with van der Waals surface area (Å²) in [6, 6.07) is 5.41. The molecule has 20 heavy (non-hydrogen) atoms. The van der Waals surface area contributed by atoms with Crippen LogP contribution in [0.25, 0.3) is 0 Å². The summed E-state index contributed by atoms with van der Waals surface area (Å²) in [5, 5.41) is 10.7. The Morgan fingerprint density at radius 3 is 2.35 bits per heavy atom. The molecule has 0 saturated carbocycles. The Balaban J connectivity index is 2.90. The molecule has 0 amide bonds. The van der Waals surface area contributed by atoms with Crippen LogP contribution in [0.4, 0.5) is 0 Å². The van der Waals surface area contributed by atoms with Gasteiger partial charge in [0.15, 0.2) is 0 Å². The molecule has 1 aromatic carbocycles. The van der Waals surface area contributed by atoms with Gasteiger partial charge in [0.25, 0.3) is 0 Å². The first-order valence-electron chi connectivity index (χ1n) is 7.18. The lowest BCUT2D eigenvalue weighted by Gasteiger charge is -2.32. The first-order valence-corrected chi connectivity index (χ1v) is 7.56. The van der Waals surface area contributed by atoms with Gasteiger partial charge in [0, 0.05) is 36.3 Å². The van der Waals surface area contributed by atoms with Crippen molar-refractivity contribution in [2.75, 3.05) is 33.7 Å². The average molecular weight is 299 g/mol. The fraction of sp³-hybridized carbons (Fsp3) is 0.625. The number of hydrogen-bond donors (Lipinski definition) is 1. The standard InChI is InChI=1S/C16H27ClN2O/c1-12(2)11-19(9-8-18(4)5)13(3)15-10-14(17)6-7-16(15)20/h6-7,10,12-13,20H,8-9,11H2,1-5H3. The van der Waals surface area contributed by atoms with Crippen molar-refractivity contribution in [3.8, 4) is 5.75 Å². The number of aromatic hydroxyl groups is 1. The average Bonchev–Trinajstić information content (AvgIpc) is 2.36.